The van der Waals surface area contributed by atoms with Crippen molar-refractivity contribution < 1.29 is 0 Å². The number of nitrogens with zero attached hydrogens (tertiary/aromatic N) is 1. The molecule has 0 bridgehead atoms. The Morgan fingerprint density at radius 1 is 1.19 bits per heavy atom. The van der Waals surface area contributed by atoms with Gasteiger partial charge < -0.3 is 10.6 Å². The van der Waals surface area contributed by atoms with Crippen LogP contribution in [0.3, 0.4) is 0 Å². The molecule has 2 nitrogen and oxygen atoms in total. The van der Waals surface area contributed by atoms with Crippen molar-refractivity contribution in [2.75, 3.05) is 18.0 Å². The molecule has 0 radical (unpaired) electrons. The molecule has 0 unspecified atom stereocenters. The minimum absolute atomic E-state index is 0.155. The van der Waals surface area contributed by atoms with Crippen LogP contribution in [0.2, 0.25) is 0 Å². The van der Waals surface area contributed by atoms with Crippen LogP contribution in [-0.4, -0.2) is 13.1 Å². The monoisotopic (exact) mass is 220 g/mol. The molecule has 0 saturated carbocycles. The Labute approximate surface area is 99.5 Å². The number of rotatable bonds is 6. The molecule has 2 heteroatoms. The van der Waals surface area contributed by atoms with Gasteiger partial charge in [0.1, 0.15) is 0 Å². The van der Waals surface area contributed by atoms with Crippen molar-refractivity contribution in [2.45, 2.75) is 39.7 Å². The van der Waals surface area contributed by atoms with Gasteiger partial charge in [-0.25, -0.2) is 0 Å². The van der Waals surface area contributed by atoms with E-state index < -0.39 is 0 Å². The van der Waals surface area contributed by atoms with E-state index in [1.54, 1.807) is 0 Å². The van der Waals surface area contributed by atoms with Crippen LogP contribution in [0.5, 0.6) is 0 Å². The number of nitrogens with two attached hydrogens (primary N) is 1. The summed E-state index contributed by atoms with van der Waals surface area (Å²) in [6.07, 6.45) is 2.16. The summed E-state index contributed by atoms with van der Waals surface area (Å²) in [6, 6.07) is 8.67. The van der Waals surface area contributed by atoms with Gasteiger partial charge in [-0.3, -0.25) is 0 Å². The molecular weight excluding hydrogens is 196 g/mol. The number of hydrogen-bond acceptors (Lipinski definition) is 2. The fraction of sp³-hybridized carbons (Fsp3) is 0.571. The van der Waals surface area contributed by atoms with Crippen molar-refractivity contribution in [3.63, 3.8) is 0 Å². The molecule has 0 aliphatic heterocycles. The molecular formula is C14H24N2. The average Bonchev–Trinajstić information content (AvgIpc) is 2.35. The average molecular weight is 220 g/mol. The Morgan fingerprint density at radius 2 is 1.88 bits per heavy atom. The van der Waals surface area contributed by atoms with Crippen molar-refractivity contribution in [1.82, 2.24) is 0 Å². The molecule has 0 spiro atoms. The first-order chi connectivity index (χ1) is 7.74. The van der Waals surface area contributed by atoms with Crippen LogP contribution >= 0.6 is 0 Å². The molecule has 90 valence electrons. The second kappa shape index (κ2) is 6.54. The van der Waals surface area contributed by atoms with E-state index in [4.69, 9.17) is 5.73 Å². The van der Waals surface area contributed by atoms with Gasteiger partial charge in [0, 0.05) is 24.8 Å². The molecule has 1 rings (SSSR count). The molecule has 1 aromatic rings. The molecule has 2 N–H and O–H groups in total. The summed E-state index contributed by atoms with van der Waals surface area (Å²) < 4.78 is 0. The Morgan fingerprint density at radius 3 is 2.44 bits per heavy atom. The van der Waals surface area contributed by atoms with Gasteiger partial charge in [-0.2, -0.15) is 0 Å². The van der Waals surface area contributed by atoms with Gasteiger partial charge in [0.05, 0.1) is 0 Å². The van der Waals surface area contributed by atoms with E-state index in [0.717, 1.165) is 19.5 Å². The molecule has 0 fully saturated rings. The van der Waals surface area contributed by atoms with Crippen LogP contribution in [0.4, 0.5) is 5.69 Å². The van der Waals surface area contributed by atoms with E-state index in [2.05, 4.69) is 49.9 Å². The van der Waals surface area contributed by atoms with Crippen LogP contribution in [0.15, 0.2) is 24.3 Å². The molecule has 0 aliphatic carbocycles. The standard InChI is InChI=1S/C14H24N2/c1-4-11-16(6-3)14-10-8-7-9-12(14)13(15)5-2/h7-10,13H,4-6,11,15H2,1-3H3/t13-/m0/s1. The maximum Gasteiger partial charge on any atom is 0.0414 e. The maximum atomic E-state index is 6.16. The quantitative estimate of drug-likeness (QED) is 0.796. The Hall–Kier alpha value is -1.02. The SMILES string of the molecule is CCCN(CC)c1ccccc1[C@@H](N)CC. The summed E-state index contributed by atoms with van der Waals surface area (Å²) >= 11 is 0. The van der Waals surface area contributed by atoms with Gasteiger partial charge in [-0.15, -0.1) is 0 Å². The predicted molar refractivity (Wildman–Crippen MR) is 71.8 cm³/mol. The zero-order valence-electron chi connectivity index (χ0n) is 10.7. The number of hydrogen-bond donors (Lipinski definition) is 1. The molecule has 0 saturated heterocycles. The van der Waals surface area contributed by atoms with Crippen LogP contribution in [0.25, 0.3) is 0 Å². The molecule has 0 heterocycles. The molecule has 16 heavy (non-hydrogen) atoms. The van der Waals surface area contributed by atoms with Crippen LogP contribution in [-0.2, 0) is 0 Å². The number of para-hydroxylation sites is 1. The maximum absolute atomic E-state index is 6.16. The van der Waals surface area contributed by atoms with Crippen molar-refractivity contribution in [2.24, 2.45) is 5.73 Å². The van der Waals surface area contributed by atoms with Gasteiger partial charge in [0.25, 0.3) is 0 Å². The minimum Gasteiger partial charge on any atom is -0.372 e. The topological polar surface area (TPSA) is 29.3 Å². The summed E-state index contributed by atoms with van der Waals surface area (Å²) in [4.78, 5) is 2.41. The molecule has 1 atom stereocenters. The predicted octanol–water partition coefficient (Wildman–Crippen LogP) is 3.33. The van der Waals surface area contributed by atoms with Gasteiger partial charge in [-0.05, 0) is 31.4 Å². The molecule has 1 aromatic carbocycles. The van der Waals surface area contributed by atoms with Gasteiger partial charge in [0.15, 0.2) is 0 Å². The molecule has 0 amide bonds. The summed E-state index contributed by atoms with van der Waals surface area (Å²) in [5.41, 5.74) is 8.74. The summed E-state index contributed by atoms with van der Waals surface area (Å²) in [6.45, 7) is 8.69. The van der Waals surface area contributed by atoms with E-state index in [9.17, 15) is 0 Å². The summed E-state index contributed by atoms with van der Waals surface area (Å²) in [5.74, 6) is 0. The fourth-order valence-corrected chi connectivity index (χ4v) is 2.03. The lowest BCUT2D eigenvalue weighted by Gasteiger charge is -2.27. The van der Waals surface area contributed by atoms with E-state index in [0.29, 0.717) is 0 Å². The fourth-order valence-electron chi connectivity index (χ4n) is 2.03. The minimum atomic E-state index is 0.155. The largest absolute Gasteiger partial charge is 0.372 e. The first-order valence-corrected chi connectivity index (χ1v) is 6.33. The first kappa shape index (κ1) is 13.0. The van der Waals surface area contributed by atoms with Crippen molar-refractivity contribution in [3.05, 3.63) is 29.8 Å². The number of benzene rings is 1. The first-order valence-electron chi connectivity index (χ1n) is 6.33. The highest BCUT2D eigenvalue weighted by molar-refractivity contribution is 5.54. The van der Waals surface area contributed by atoms with Gasteiger partial charge >= 0.3 is 0 Å². The highest BCUT2D eigenvalue weighted by atomic mass is 15.1. The van der Waals surface area contributed by atoms with Crippen LogP contribution < -0.4 is 10.6 Å². The lowest BCUT2D eigenvalue weighted by molar-refractivity contribution is 0.688. The third-order valence-corrected chi connectivity index (χ3v) is 2.99. The van der Waals surface area contributed by atoms with Crippen molar-refractivity contribution in [3.8, 4) is 0 Å². The third kappa shape index (κ3) is 2.99. The lowest BCUT2D eigenvalue weighted by Crippen LogP contribution is -2.26. The van der Waals surface area contributed by atoms with E-state index in [1.807, 2.05) is 0 Å². The van der Waals surface area contributed by atoms with Crippen LogP contribution in [0, 0.1) is 0 Å². The van der Waals surface area contributed by atoms with E-state index >= 15 is 0 Å². The van der Waals surface area contributed by atoms with Crippen molar-refractivity contribution in [1.29, 1.82) is 0 Å². The Kier molecular flexibility index (Phi) is 5.33. The van der Waals surface area contributed by atoms with E-state index in [1.165, 1.54) is 17.7 Å². The van der Waals surface area contributed by atoms with Gasteiger partial charge in [-0.1, -0.05) is 32.0 Å². The highest BCUT2D eigenvalue weighted by Crippen LogP contribution is 2.26. The van der Waals surface area contributed by atoms with Crippen molar-refractivity contribution >= 4 is 5.69 Å². The second-order valence-electron chi connectivity index (χ2n) is 4.15. The second-order valence-corrected chi connectivity index (χ2v) is 4.15. The zero-order chi connectivity index (χ0) is 12.0. The number of anilines is 1. The Bertz CT molecular complexity index is 309. The van der Waals surface area contributed by atoms with E-state index in [-0.39, 0.29) is 6.04 Å². The lowest BCUT2D eigenvalue weighted by atomic mass is 10.0. The molecule has 0 aliphatic rings. The van der Waals surface area contributed by atoms with Gasteiger partial charge in [0.2, 0.25) is 0 Å². The summed E-state index contributed by atoms with van der Waals surface area (Å²) in [7, 11) is 0. The normalized spacial score (nSPS) is 12.5. The smallest absolute Gasteiger partial charge is 0.0414 e. The highest BCUT2D eigenvalue weighted by Gasteiger charge is 2.12. The van der Waals surface area contributed by atoms with Crippen LogP contribution in [0.1, 0.15) is 45.2 Å². The zero-order valence-corrected chi connectivity index (χ0v) is 10.7. The Balaban J connectivity index is 3.00. The third-order valence-electron chi connectivity index (χ3n) is 2.99. The summed E-state index contributed by atoms with van der Waals surface area (Å²) in [5, 5.41) is 0. The molecule has 0 aromatic heterocycles.